The van der Waals surface area contributed by atoms with Gasteiger partial charge in [-0.2, -0.15) is 0 Å². The Morgan fingerprint density at radius 2 is 1.72 bits per heavy atom. The third-order valence-corrected chi connectivity index (χ3v) is 4.56. The van der Waals surface area contributed by atoms with E-state index in [0.717, 1.165) is 31.2 Å². The van der Waals surface area contributed by atoms with Crippen molar-refractivity contribution in [3.05, 3.63) is 18.0 Å². The van der Waals surface area contributed by atoms with Gasteiger partial charge in [0, 0.05) is 30.5 Å². The van der Waals surface area contributed by atoms with Crippen molar-refractivity contribution < 1.29 is 9.53 Å². The summed E-state index contributed by atoms with van der Waals surface area (Å²) in [5.74, 6) is 0.658. The number of hydrogen-bond acceptors (Lipinski definition) is 5. The number of ether oxygens (including phenoxy) is 1. The Balaban J connectivity index is 2.10. The molecular formula is C19H32N4O2. The summed E-state index contributed by atoms with van der Waals surface area (Å²) in [5, 5.41) is 3.44. The van der Waals surface area contributed by atoms with Crippen LogP contribution >= 0.6 is 0 Å². The Hall–Kier alpha value is -1.85. The van der Waals surface area contributed by atoms with Crippen LogP contribution in [0.25, 0.3) is 0 Å². The molecule has 0 spiro atoms. The molecule has 140 valence electrons. The molecule has 0 unspecified atom stereocenters. The van der Waals surface area contributed by atoms with Crippen molar-refractivity contribution in [3.63, 3.8) is 0 Å². The predicted octanol–water partition coefficient (Wildman–Crippen LogP) is 4.15. The van der Waals surface area contributed by atoms with E-state index in [4.69, 9.17) is 4.74 Å². The normalized spacial score (nSPS) is 24.1. The maximum absolute atomic E-state index is 12.7. The van der Waals surface area contributed by atoms with Gasteiger partial charge in [-0.15, -0.1) is 0 Å². The van der Waals surface area contributed by atoms with Crippen LogP contribution in [-0.2, 0) is 4.74 Å². The van der Waals surface area contributed by atoms with E-state index in [1.54, 1.807) is 0 Å². The van der Waals surface area contributed by atoms with Crippen LogP contribution in [0.2, 0.25) is 0 Å². The van der Waals surface area contributed by atoms with E-state index < -0.39 is 5.60 Å². The number of aryl methyl sites for hydroxylation is 1. The van der Waals surface area contributed by atoms with Gasteiger partial charge in [0.05, 0.1) is 0 Å². The molecule has 6 nitrogen and oxygen atoms in total. The van der Waals surface area contributed by atoms with Gasteiger partial charge in [0.1, 0.15) is 5.60 Å². The SMILES string of the molecule is CC[C@@H]1C[C@H](Nc2ncc(C)cn2)C[C@H](CC)N1C(=O)OC(C)(C)C. The average molecular weight is 348 g/mol. The highest BCUT2D eigenvalue weighted by atomic mass is 16.6. The van der Waals surface area contributed by atoms with Crippen molar-refractivity contribution in [2.45, 2.75) is 91.0 Å². The van der Waals surface area contributed by atoms with Crippen LogP contribution in [0.15, 0.2) is 12.4 Å². The lowest BCUT2D eigenvalue weighted by atomic mass is 9.89. The van der Waals surface area contributed by atoms with Crippen molar-refractivity contribution in [2.24, 2.45) is 0 Å². The molecule has 2 heterocycles. The number of aromatic nitrogens is 2. The van der Waals surface area contributed by atoms with Gasteiger partial charge in [-0.25, -0.2) is 14.8 Å². The zero-order valence-electron chi connectivity index (χ0n) is 16.4. The number of rotatable bonds is 4. The molecular weight excluding hydrogens is 316 g/mol. The molecule has 1 aromatic heterocycles. The smallest absolute Gasteiger partial charge is 0.410 e. The number of likely N-dealkylation sites (tertiary alicyclic amines) is 1. The lowest BCUT2D eigenvalue weighted by molar-refractivity contribution is -0.00812. The molecule has 25 heavy (non-hydrogen) atoms. The third kappa shape index (κ3) is 5.31. The quantitative estimate of drug-likeness (QED) is 0.885. The first-order valence-electron chi connectivity index (χ1n) is 9.30. The van der Waals surface area contributed by atoms with Gasteiger partial charge in [-0.3, -0.25) is 0 Å². The molecule has 1 aliphatic heterocycles. The number of piperidine rings is 1. The minimum atomic E-state index is -0.474. The molecule has 1 amide bonds. The zero-order valence-corrected chi connectivity index (χ0v) is 16.4. The van der Waals surface area contributed by atoms with E-state index in [1.807, 2.05) is 45.0 Å². The number of nitrogens with one attached hydrogen (secondary N) is 1. The van der Waals surface area contributed by atoms with E-state index in [-0.39, 0.29) is 24.2 Å². The molecule has 3 atom stereocenters. The summed E-state index contributed by atoms with van der Waals surface area (Å²) in [7, 11) is 0. The van der Waals surface area contributed by atoms with Crippen molar-refractivity contribution in [3.8, 4) is 0 Å². The highest BCUT2D eigenvalue weighted by Crippen LogP contribution is 2.30. The molecule has 1 fully saturated rings. The number of anilines is 1. The molecule has 1 saturated heterocycles. The lowest BCUT2D eigenvalue weighted by Gasteiger charge is -2.45. The second-order valence-corrected chi connectivity index (χ2v) is 7.91. The van der Waals surface area contributed by atoms with E-state index >= 15 is 0 Å². The zero-order chi connectivity index (χ0) is 18.6. The van der Waals surface area contributed by atoms with E-state index in [1.165, 1.54) is 0 Å². The van der Waals surface area contributed by atoms with Crippen molar-refractivity contribution in [2.75, 3.05) is 5.32 Å². The van der Waals surface area contributed by atoms with Crippen LogP contribution in [-0.4, -0.2) is 44.7 Å². The maximum atomic E-state index is 12.7. The fourth-order valence-corrected chi connectivity index (χ4v) is 3.39. The summed E-state index contributed by atoms with van der Waals surface area (Å²) in [6.45, 7) is 12.0. The Bertz CT molecular complexity index is 554. The topological polar surface area (TPSA) is 67.4 Å². The summed E-state index contributed by atoms with van der Waals surface area (Å²) < 4.78 is 5.65. The van der Waals surface area contributed by atoms with Crippen molar-refractivity contribution in [1.29, 1.82) is 0 Å². The molecule has 2 rings (SSSR count). The molecule has 0 radical (unpaired) electrons. The highest BCUT2D eigenvalue weighted by molar-refractivity contribution is 5.69. The molecule has 0 aromatic carbocycles. The van der Waals surface area contributed by atoms with Crippen LogP contribution in [0.3, 0.4) is 0 Å². The Morgan fingerprint density at radius 1 is 1.20 bits per heavy atom. The summed E-state index contributed by atoms with van der Waals surface area (Å²) >= 11 is 0. The maximum Gasteiger partial charge on any atom is 0.410 e. The first-order valence-corrected chi connectivity index (χ1v) is 9.30. The van der Waals surface area contributed by atoms with E-state index in [9.17, 15) is 4.79 Å². The van der Waals surface area contributed by atoms with Gasteiger partial charge in [0.15, 0.2) is 0 Å². The average Bonchev–Trinajstić information content (AvgIpc) is 2.54. The van der Waals surface area contributed by atoms with Gasteiger partial charge in [0.2, 0.25) is 5.95 Å². The van der Waals surface area contributed by atoms with Gasteiger partial charge in [-0.1, -0.05) is 13.8 Å². The summed E-state index contributed by atoms with van der Waals surface area (Å²) in [6, 6.07) is 0.587. The lowest BCUT2D eigenvalue weighted by Crippen LogP contribution is -2.55. The number of amides is 1. The Labute approximate surface area is 151 Å². The van der Waals surface area contributed by atoms with Crippen LogP contribution in [0.5, 0.6) is 0 Å². The second-order valence-electron chi connectivity index (χ2n) is 7.91. The summed E-state index contributed by atoms with van der Waals surface area (Å²) in [6.07, 6.45) is 7.01. The standard InChI is InChI=1S/C19H32N4O2/c1-7-15-9-14(22-17-20-11-13(3)12-21-17)10-16(8-2)23(15)18(24)25-19(4,5)6/h11-12,14-16H,7-10H2,1-6H3,(H,20,21,22)/t14-,15+,16-. The Morgan fingerprint density at radius 3 is 2.16 bits per heavy atom. The molecule has 1 N–H and O–H groups in total. The van der Waals surface area contributed by atoms with Gasteiger partial charge >= 0.3 is 6.09 Å². The van der Waals surface area contributed by atoms with Crippen molar-refractivity contribution >= 4 is 12.0 Å². The van der Waals surface area contributed by atoms with Crippen LogP contribution in [0.4, 0.5) is 10.7 Å². The molecule has 1 aliphatic rings. The molecule has 0 aliphatic carbocycles. The fourth-order valence-electron chi connectivity index (χ4n) is 3.39. The van der Waals surface area contributed by atoms with Gasteiger partial charge in [0.25, 0.3) is 0 Å². The largest absolute Gasteiger partial charge is 0.444 e. The number of hydrogen-bond donors (Lipinski definition) is 1. The predicted molar refractivity (Wildman–Crippen MR) is 99.6 cm³/mol. The first-order chi connectivity index (χ1) is 11.7. The Kier molecular flexibility index (Phi) is 6.25. The monoisotopic (exact) mass is 348 g/mol. The van der Waals surface area contributed by atoms with Crippen LogP contribution in [0.1, 0.15) is 65.9 Å². The number of carbonyl (C=O) groups excluding carboxylic acids is 1. The number of nitrogens with zero attached hydrogens (tertiary/aromatic N) is 3. The minimum absolute atomic E-state index is 0.163. The first kappa shape index (κ1) is 19.5. The minimum Gasteiger partial charge on any atom is -0.444 e. The number of carbonyl (C=O) groups is 1. The molecule has 1 aromatic rings. The van der Waals surface area contributed by atoms with Crippen molar-refractivity contribution in [1.82, 2.24) is 14.9 Å². The molecule has 6 heteroatoms. The summed E-state index contributed by atoms with van der Waals surface area (Å²) in [4.78, 5) is 23.4. The molecule has 0 bridgehead atoms. The molecule has 0 saturated carbocycles. The van der Waals surface area contributed by atoms with Gasteiger partial charge < -0.3 is 15.0 Å². The third-order valence-electron chi connectivity index (χ3n) is 4.56. The van der Waals surface area contributed by atoms with E-state index in [0.29, 0.717) is 5.95 Å². The summed E-state index contributed by atoms with van der Waals surface area (Å²) in [5.41, 5.74) is 0.571. The van der Waals surface area contributed by atoms with Gasteiger partial charge in [-0.05, 0) is 58.9 Å². The van der Waals surface area contributed by atoms with Crippen LogP contribution < -0.4 is 5.32 Å². The fraction of sp³-hybridized carbons (Fsp3) is 0.737. The van der Waals surface area contributed by atoms with E-state index in [2.05, 4.69) is 29.1 Å². The second kappa shape index (κ2) is 8.02. The van der Waals surface area contributed by atoms with Crippen LogP contribution in [0, 0.1) is 6.92 Å². The highest BCUT2D eigenvalue weighted by Gasteiger charge is 2.39.